The fourth-order valence-electron chi connectivity index (χ4n) is 4.05. The molecule has 0 aromatic heterocycles. The highest BCUT2D eigenvalue weighted by atomic mass is 16.5. The highest BCUT2D eigenvalue weighted by molar-refractivity contribution is 6.06. The van der Waals surface area contributed by atoms with E-state index < -0.39 is 11.9 Å². The van der Waals surface area contributed by atoms with E-state index in [0.29, 0.717) is 56.4 Å². The summed E-state index contributed by atoms with van der Waals surface area (Å²) >= 11 is 0. The molecule has 0 aliphatic carbocycles. The number of piperidine rings is 1. The molecule has 12 heteroatoms. The number of fused-ring (bicyclic) bond motifs is 1. The van der Waals surface area contributed by atoms with Crippen LogP contribution in [0.2, 0.25) is 0 Å². The van der Waals surface area contributed by atoms with Gasteiger partial charge in [0.2, 0.25) is 17.7 Å². The first-order chi connectivity index (χ1) is 17.4. The fourth-order valence-corrected chi connectivity index (χ4v) is 4.05. The summed E-state index contributed by atoms with van der Waals surface area (Å²) in [6.07, 6.45) is 0.607. The highest BCUT2D eigenvalue weighted by Gasteiger charge is 2.39. The van der Waals surface area contributed by atoms with E-state index >= 15 is 0 Å². The zero-order valence-corrected chi connectivity index (χ0v) is 20.5. The van der Waals surface area contributed by atoms with Gasteiger partial charge in [-0.05, 0) is 25.6 Å². The Hall–Kier alpha value is -2.90. The van der Waals surface area contributed by atoms with Gasteiger partial charge in [-0.25, -0.2) is 0 Å². The lowest BCUT2D eigenvalue weighted by atomic mass is 10.0. The third-order valence-electron chi connectivity index (χ3n) is 6.01. The zero-order valence-electron chi connectivity index (χ0n) is 20.5. The van der Waals surface area contributed by atoms with Crippen LogP contribution in [0.25, 0.3) is 0 Å². The Morgan fingerprint density at radius 3 is 2.61 bits per heavy atom. The predicted molar refractivity (Wildman–Crippen MR) is 130 cm³/mol. The summed E-state index contributed by atoms with van der Waals surface area (Å²) in [6.45, 7) is 3.11. The van der Waals surface area contributed by atoms with Crippen molar-refractivity contribution in [3.63, 3.8) is 0 Å². The van der Waals surface area contributed by atoms with Gasteiger partial charge in [-0.3, -0.25) is 24.5 Å². The number of nitrogens with one attached hydrogen (secondary N) is 3. The molecule has 4 amide bonds. The number of ether oxygens (including phenoxy) is 3. The molecule has 0 bridgehead atoms. The molecule has 0 radical (unpaired) electrons. The van der Waals surface area contributed by atoms with Gasteiger partial charge >= 0.3 is 0 Å². The number of carbonyl (C=O) groups is 4. The van der Waals surface area contributed by atoms with E-state index in [0.717, 1.165) is 0 Å². The van der Waals surface area contributed by atoms with Crippen LogP contribution in [-0.2, 0) is 35.1 Å². The molecule has 3 rings (SSSR count). The fraction of sp³-hybridized carbons (Fsp3) is 0.583. The molecule has 198 valence electrons. The standard InChI is InChI=1S/C24H35N5O7/c1-26-16(14-35-10-8-25)15-36-12-11-34-9-7-22(31)27-19-4-2-3-17-18(19)13-29(24(17)33)20-5-6-21(30)28-23(20)32/h2-4,16,20,26H,5-15,25H2,1H3,(H,27,31)(H,28,30,32). The molecule has 2 heterocycles. The molecule has 1 aromatic rings. The number of hydrogen-bond acceptors (Lipinski definition) is 9. The van der Waals surface area contributed by atoms with Gasteiger partial charge < -0.3 is 35.5 Å². The molecule has 2 unspecified atom stereocenters. The number of nitrogens with zero attached hydrogens (tertiary/aromatic N) is 1. The normalized spacial score (nSPS) is 18.2. The average molecular weight is 506 g/mol. The molecular weight excluding hydrogens is 470 g/mol. The van der Waals surface area contributed by atoms with Crippen molar-refractivity contribution in [3.05, 3.63) is 29.3 Å². The Morgan fingerprint density at radius 2 is 1.89 bits per heavy atom. The van der Waals surface area contributed by atoms with Crippen LogP contribution >= 0.6 is 0 Å². The molecule has 36 heavy (non-hydrogen) atoms. The Morgan fingerprint density at radius 1 is 1.14 bits per heavy atom. The van der Waals surface area contributed by atoms with E-state index in [1.54, 1.807) is 18.2 Å². The van der Waals surface area contributed by atoms with Gasteiger partial charge in [0.1, 0.15) is 6.04 Å². The van der Waals surface area contributed by atoms with Crippen molar-refractivity contribution in [1.29, 1.82) is 0 Å². The molecule has 1 fully saturated rings. The van der Waals surface area contributed by atoms with Crippen molar-refractivity contribution in [1.82, 2.24) is 15.5 Å². The lowest BCUT2D eigenvalue weighted by Gasteiger charge is -2.29. The maximum atomic E-state index is 12.9. The van der Waals surface area contributed by atoms with Crippen molar-refractivity contribution in [3.8, 4) is 0 Å². The first kappa shape index (κ1) is 27.7. The lowest BCUT2D eigenvalue weighted by molar-refractivity contribution is -0.137. The van der Waals surface area contributed by atoms with Gasteiger partial charge in [0.25, 0.3) is 5.91 Å². The zero-order chi connectivity index (χ0) is 25.9. The maximum absolute atomic E-state index is 12.9. The number of amides is 4. The van der Waals surface area contributed by atoms with Gasteiger partial charge in [-0.15, -0.1) is 0 Å². The largest absolute Gasteiger partial charge is 0.379 e. The highest BCUT2D eigenvalue weighted by Crippen LogP contribution is 2.32. The molecule has 0 saturated carbocycles. The second-order valence-corrected chi connectivity index (χ2v) is 8.57. The average Bonchev–Trinajstić information content (AvgIpc) is 3.19. The van der Waals surface area contributed by atoms with Crippen molar-refractivity contribution in [2.45, 2.75) is 37.9 Å². The second kappa shape index (κ2) is 14.0. The first-order valence-electron chi connectivity index (χ1n) is 12.1. The number of carbonyl (C=O) groups excluding carboxylic acids is 4. The predicted octanol–water partition coefficient (Wildman–Crippen LogP) is -0.627. The third kappa shape index (κ3) is 7.55. The quantitative estimate of drug-likeness (QED) is 0.180. The minimum absolute atomic E-state index is 0.0627. The Bertz CT molecular complexity index is 941. The van der Waals surface area contributed by atoms with E-state index in [-0.39, 0.29) is 56.2 Å². The van der Waals surface area contributed by atoms with Crippen LogP contribution < -0.4 is 21.7 Å². The van der Waals surface area contributed by atoms with Crippen LogP contribution in [0.3, 0.4) is 0 Å². The SMILES string of the molecule is CNC(COCCN)COCCOCCC(=O)Nc1cccc2c1CN(C1CCC(=O)NC1=O)C2=O. The molecule has 2 aliphatic rings. The van der Waals surface area contributed by atoms with Gasteiger partial charge in [0.15, 0.2) is 0 Å². The summed E-state index contributed by atoms with van der Waals surface area (Å²) < 4.78 is 16.5. The van der Waals surface area contributed by atoms with E-state index in [9.17, 15) is 19.2 Å². The van der Waals surface area contributed by atoms with E-state index in [2.05, 4.69) is 16.0 Å². The number of rotatable bonds is 15. The summed E-state index contributed by atoms with van der Waals surface area (Å²) in [5.41, 5.74) is 7.03. The smallest absolute Gasteiger partial charge is 0.255 e. The minimum atomic E-state index is -0.705. The van der Waals surface area contributed by atoms with Crippen molar-refractivity contribution < 1.29 is 33.4 Å². The topological polar surface area (TPSA) is 161 Å². The van der Waals surface area contributed by atoms with Crippen molar-refractivity contribution >= 4 is 29.3 Å². The van der Waals surface area contributed by atoms with Crippen LogP contribution in [0.1, 0.15) is 35.2 Å². The molecular formula is C24H35N5O7. The summed E-state index contributed by atoms with van der Waals surface area (Å²) in [5.74, 6) is -1.34. The van der Waals surface area contributed by atoms with Crippen LogP contribution in [0, 0.1) is 0 Å². The number of likely N-dealkylation sites (N-methyl/N-ethyl adjacent to an activating group) is 1. The number of benzene rings is 1. The number of hydrogen-bond donors (Lipinski definition) is 4. The van der Waals surface area contributed by atoms with Gasteiger partial charge in [0.05, 0.1) is 52.1 Å². The monoisotopic (exact) mass is 505 g/mol. The molecule has 1 saturated heterocycles. The van der Waals surface area contributed by atoms with Crippen molar-refractivity contribution in [2.75, 3.05) is 58.6 Å². The molecule has 1 aromatic carbocycles. The summed E-state index contributed by atoms with van der Waals surface area (Å²) in [6, 6.07) is 4.44. The number of nitrogens with two attached hydrogens (primary N) is 1. The number of anilines is 1. The first-order valence-corrected chi connectivity index (χ1v) is 12.1. The van der Waals surface area contributed by atoms with E-state index in [1.165, 1.54) is 4.90 Å². The van der Waals surface area contributed by atoms with Crippen LogP contribution in [0.15, 0.2) is 18.2 Å². The van der Waals surface area contributed by atoms with E-state index in [1.807, 2.05) is 7.05 Å². The lowest BCUT2D eigenvalue weighted by Crippen LogP contribution is -2.52. The van der Waals surface area contributed by atoms with Crippen LogP contribution in [0.4, 0.5) is 5.69 Å². The maximum Gasteiger partial charge on any atom is 0.255 e. The van der Waals surface area contributed by atoms with Crippen LogP contribution in [-0.4, -0.2) is 93.8 Å². The molecule has 0 spiro atoms. The Labute approximate surface area is 210 Å². The third-order valence-corrected chi connectivity index (χ3v) is 6.01. The summed E-state index contributed by atoms with van der Waals surface area (Å²) in [5, 5.41) is 8.23. The minimum Gasteiger partial charge on any atom is -0.379 e. The van der Waals surface area contributed by atoms with Crippen molar-refractivity contribution in [2.24, 2.45) is 5.73 Å². The van der Waals surface area contributed by atoms with Gasteiger partial charge in [-0.2, -0.15) is 0 Å². The Kier molecular flexibility index (Phi) is 10.8. The molecule has 5 N–H and O–H groups in total. The van der Waals surface area contributed by atoms with Gasteiger partial charge in [-0.1, -0.05) is 6.07 Å². The van der Waals surface area contributed by atoms with Gasteiger partial charge in [0, 0.05) is 36.3 Å². The summed E-state index contributed by atoms with van der Waals surface area (Å²) in [7, 11) is 1.83. The Balaban J connectivity index is 1.39. The number of imide groups is 1. The van der Waals surface area contributed by atoms with Crippen LogP contribution in [0.5, 0.6) is 0 Å². The summed E-state index contributed by atoms with van der Waals surface area (Å²) in [4.78, 5) is 50.5. The molecule has 2 atom stereocenters. The molecule has 2 aliphatic heterocycles. The van der Waals surface area contributed by atoms with E-state index in [4.69, 9.17) is 19.9 Å². The second-order valence-electron chi connectivity index (χ2n) is 8.57. The molecule has 12 nitrogen and oxygen atoms in total.